The number of rotatable bonds is 5. The van der Waals surface area contributed by atoms with Crippen LogP contribution in [0.25, 0.3) is 0 Å². The van der Waals surface area contributed by atoms with Crippen LogP contribution in [0.4, 0.5) is 4.39 Å². The van der Waals surface area contributed by atoms with Crippen LogP contribution in [0.1, 0.15) is 25.8 Å². The number of aliphatic hydroxyl groups excluding tert-OH is 1. The second kappa shape index (κ2) is 5.62. The van der Waals surface area contributed by atoms with Gasteiger partial charge in [0.25, 0.3) is 0 Å². The van der Waals surface area contributed by atoms with Crippen LogP contribution in [-0.4, -0.2) is 17.3 Å². The van der Waals surface area contributed by atoms with Crippen molar-refractivity contribution in [3.63, 3.8) is 0 Å². The smallest absolute Gasteiger partial charge is 0.142 e. The molecule has 0 amide bonds. The van der Waals surface area contributed by atoms with E-state index in [-0.39, 0.29) is 17.2 Å². The van der Waals surface area contributed by atoms with E-state index in [0.717, 1.165) is 6.42 Å². The van der Waals surface area contributed by atoms with Gasteiger partial charge in [-0.1, -0.05) is 30.7 Å². The van der Waals surface area contributed by atoms with Gasteiger partial charge in [-0.25, -0.2) is 4.39 Å². The van der Waals surface area contributed by atoms with Gasteiger partial charge in [0.05, 0.1) is 11.6 Å². The first kappa shape index (κ1) is 13.4. The summed E-state index contributed by atoms with van der Waals surface area (Å²) in [6.45, 7) is 4.38. The zero-order valence-electron chi connectivity index (χ0n) is 9.56. The summed E-state index contributed by atoms with van der Waals surface area (Å²) in [5.74, 6) is -0.414. The first-order chi connectivity index (χ1) is 7.52. The minimum Gasteiger partial charge on any atom is -0.394 e. The van der Waals surface area contributed by atoms with E-state index in [1.165, 1.54) is 6.07 Å². The van der Waals surface area contributed by atoms with Crippen molar-refractivity contribution in [1.29, 1.82) is 0 Å². The fourth-order valence-corrected chi connectivity index (χ4v) is 1.48. The molecular weight excluding hydrogens is 229 g/mol. The fraction of sp³-hybridized carbons (Fsp3) is 0.500. The molecule has 0 spiro atoms. The van der Waals surface area contributed by atoms with Crippen molar-refractivity contribution in [2.75, 3.05) is 6.61 Å². The predicted octanol–water partition coefficient (Wildman–Crippen LogP) is 2.73. The molecule has 4 heteroatoms. The molecule has 0 saturated heterocycles. The third-order valence-electron chi connectivity index (χ3n) is 2.87. The van der Waals surface area contributed by atoms with Crippen molar-refractivity contribution in [3.8, 4) is 0 Å². The van der Waals surface area contributed by atoms with Crippen molar-refractivity contribution in [2.24, 2.45) is 0 Å². The molecule has 1 unspecified atom stereocenters. The Morgan fingerprint density at radius 1 is 1.50 bits per heavy atom. The SMILES string of the molecule is CCC(C)(CO)NCc1cccc(F)c1Cl. The summed E-state index contributed by atoms with van der Waals surface area (Å²) in [6.07, 6.45) is 0.788. The standard InChI is InChI=1S/C12H17ClFNO/c1-3-12(2,8-16)15-7-9-5-4-6-10(14)11(9)13/h4-6,15-16H,3,7-8H2,1-2H3. The lowest BCUT2D eigenvalue weighted by Crippen LogP contribution is -2.44. The van der Waals surface area contributed by atoms with Crippen molar-refractivity contribution in [3.05, 3.63) is 34.6 Å². The molecule has 0 saturated carbocycles. The maximum atomic E-state index is 13.2. The van der Waals surface area contributed by atoms with E-state index in [9.17, 15) is 9.50 Å². The Bertz CT molecular complexity index is 353. The quantitative estimate of drug-likeness (QED) is 0.836. The molecule has 2 N–H and O–H groups in total. The summed E-state index contributed by atoms with van der Waals surface area (Å²) in [5.41, 5.74) is 0.352. The summed E-state index contributed by atoms with van der Waals surface area (Å²) in [4.78, 5) is 0. The molecule has 2 nitrogen and oxygen atoms in total. The molecule has 0 aliphatic rings. The van der Waals surface area contributed by atoms with E-state index in [1.54, 1.807) is 12.1 Å². The number of nitrogens with one attached hydrogen (secondary N) is 1. The molecule has 0 aliphatic carbocycles. The second-order valence-corrected chi connectivity index (χ2v) is 4.52. The summed E-state index contributed by atoms with van der Waals surface area (Å²) in [7, 11) is 0. The van der Waals surface area contributed by atoms with Crippen LogP contribution >= 0.6 is 11.6 Å². The molecule has 1 atom stereocenters. The molecule has 0 radical (unpaired) electrons. The van der Waals surface area contributed by atoms with Crippen LogP contribution in [0.15, 0.2) is 18.2 Å². The molecular formula is C12H17ClFNO. The Labute approximate surface area is 100 Å². The molecule has 0 heterocycles. The minimum absolute atomic E-state index is 0.0381. The molecule has 0 fully saturated rings. The first-order valence-corrected chi connectivity index (χ1v) is 5.69. The maximum absolute atomic E-state index is 13.2. The molecule has 0 aromatic heterocycles. The molecule has 0 aliphatic heterocycles. The van der Waals surface area contributed by atoms with Gasteiger partial charge in [0.1, 0.15) is 5.82 Å². The number of halogens is 2. The van der Waals surface area contributed by atoms with Gasteiger partial charge in [0, 0.05) is 12.1 Å². The van der Waals surface area contributed by atoms with Crippen LogP contribution in [-0.2, 0) is 6.54 Å². The number of hydrogen-bond donors (Lipinski definition) is 2. The van der Waals surface area contributed by atoms with E-state index in [0.29, 0.717) is 12.1 Å². The van der Waals surface area contributed by atoms with Gasteiger partial charge in [-0.05, 0) is 25.0 Å². The van der Waals surface area contributed by atoms with Crippen LogP contribution < -0.4 is 5.32 Å². The molecule has 90 valence electrons. The minimum atomic E-state index is -0.414. The van der Waals surface area contributed by atoms with Crippen molar-refractivity contribution in [1.82, 2.24) is 5.32 Å². The summed E-state index contributed by atoms with van der Waals surface area (Å²) in [6, 6.07) is 4.73. The third-order valence-corrected chi connectivity index (χ3v) is 3.29. The zero-order chi connectivity index (χ0) is 12.2. The maximum Gasteiger partial charge on any atom is 0.142 e. The Morgan fingerprint density at radius 3 is 2.75 bits per heavy atom. The molecule has 1 aromatic carbocycles. The number of aliphatic hydroxyl groups is 1. The van der Waals surface area contributed by atoms with Gasteiger partial charge in [-0.3, -0.25) is 0 Å². The van der Waals surface area contributed by atoms with Crippen LogP contribution in [0.3, 0.4) is 0 Å². The van der Waals surface area contributed by atoms with Crippen LogP contribution in [0, 0.1) is 5.82 Å². The van der Waals surface area contributed by atoms with E-state index in [1.807, 2.05) is 13.8 Å². The van der Waals surface area contributed by atoms with Crippen LogP contribution in [0.2, 0.25) is 5.02 Å². The molecule has 1 aromatic rings. The van der Waals surface area contributed by atoms with Gasteiger partial charge < -0.3 is 10.4 Å². The average Bonchev–Trinajstić information content (AvgIpc) is 2.31. The fourth-order valence-electron chi connectivity index (χ4n) is 1.29. The Kier molecular flexibility index (Phi) is 4.71. The lowest BCUT2D eigenvalue weighted by molar-refractivity contribution is 0.169. The van der Waals surface area contributed by atoms with Crippen molar-refractivity contribution in [2.45, 2.75) is 32.4 Å². The average molecular weight is 246 g/mol. The van der Waals surface area contributed by atoms with Gasteiger partial charge in [-0.2, -0.15) is 0 Å². The monoisotopic (exact) mass is 245 g/mol. The second-order valence-electron chi connectivity index (χ2n) is 4.14. The molecule has 16 heavy (non-hydrogen) atoms. The highest BCUT2D eigenvalue weighted by molar-refractivity contribution is 6.31. The van der Waals surface area contributed by atoms with E-state index in [4.69, 9.17) is 11.6 Å². The summed E-state index contributed by atoms with van der Waals surface area (Å²) in [5, 5.41) is 12.5. The van der Waals surface area contributed by atoms with Gasteiger partial charge in [0.15, 0.2) is 0 Å². The van der Waals surface area contributed by atoms with Gasteiger partial charge in [0.2, 0.25) is 0 Å². The van der Waals surface area contributed by atoms with E-state index in [2.05, 4.69) is 5.32 Å². The van der Waals surface area contributed by atoms with Gasteiger partial charge in [-0.15, -0.1) is 0 Å². The summed E-state index contributed by atoms with van der Waals surface area (Å²) < 4.78 is 13.2. The van der Waals surface area contributed by atoms with Gasteiger partial charge >= 0.3 is 0 Å². The largest absolute Gasteiger partial charge is 0.394 e. The highest BCUT2D eigenvalue weighted by atomic mass is 35.5. The lowest BCUT2D eigenvalue weighted by Gasteiger charge is -2.27. The first-order valence-electron chi connectivity index (χ1n) is 5.31. The normalized spacial score (nSPS) is 14.8. The predicted molar refractivity (Wildman–Crippen MR) is 64.0 cm³/mol. The highest BCUT2D eigenvalue weighted by Crippen LogP contribution is 2.20. The topological polar surface area (TPSA) is 32.3 Å². The van der Waals surface area contributed by atoms with E-state index < -0.39 is 5.82 Å². The molecule has 1 rings (SSSR count). The van der Waals surface area contributed by atoms with Crippen LogP contribution in [0.5, 0.6) is 0 Å². The lowest BCUT2D eigenvalue weighted by atomic mass is 10.00. The van der Waals surface area contributed by atoms with Crippen molar-refractivity contribution < 1.29 is 9.50 Å². The zero-order valence-corrected chi connectivity index (χ0v) is 10.3. The number of hydrogen-bond acceptors (Lipinski definition) is 2. The third kappa shape index (κ3) is 3.17. The Morgan fingerprint density at radius 2 is 2.19 bits per heavy atom. The highest BCUT2D eigenvalue weighted by Gasteiger charge is 2.20. The Balaban J connectivity index is 2.71. The summed E-state index contributed by atoms with van der Waals surface area (Å²) >= 11 is 5.83. The number of benzene rings is 1. The Hall–Kier alpha value is -0.640. The molecule has 0 bridgehead atoms. The van der Waals surface area contributed by atoms with Crippen molar-refractivity contribution >= 4 is 11.6 Å². The van der Waals surface area contributed by atoms with E-state index >= 15 is 0 Å².